The minimum absolute atomic E-state index is 0.102. The number of para-hydroxylation sites is 1. The van der Waals surface area contributed by atoms with Crippen molar-refractivity contribution in [1.29, 1.82) is 0 Å². The molecule has 1 saturated heterocycles. The van der Waals surface area contributed by atoms with Crippen molar-refractivity contribution in [3.63, 3.8) is 0 Å². The highest BCUT2D eigenvalue weighted by Crippen LogP contribution is 2.37. The van der Waals surface area contributed by atoms with E-state index in [-0.39, 0.29) is 18.2 Å². The summed E-state index contributed by atoms with van der Waals surface area (Å²) in [5.41, 5.74) is 7.19. The Labute approximate surface area is 133 Å². The molecule has 0 aromatic heterocycles. The molecule has 5 nitrogen and oxygen atoms in total. The van der Waals surface area contributed by atoms with Crippen LogP contribution in [0.4, 0.5) is 0 Å². The summed E-state index contributed by atoms with van der Waals surface area (Å²) in [7, 11) is 1.66. The Kier molecular flexibility index (Phi) is 6.06. The summed E-state index contributed by atoms with van der Waals surface area (Å²) >= 11 is 0. The second-order valence-corrected chi connectivity index (χ2v) is 5.77. The Morgan fingerprint density at radius 1 is 1.32 bits per heavy atom. The standard InChI is InChI=1S/C17H28N2O3/c1-5-21-17-14(7-6-8-16(17)20-4)15(9-18)19-10-12(2)22-13(3)11-19/h6-8,12-13,15H,5,9-11,18H2,1-4H3. The van der Waals surface area contributed by atoms with E-state index in [9.17, 15) is 0 Å². The van der Waals surface area contributed by atoms with Gasteiger partial charge in [-0.25, -0.2) is 0 Å². The van der Waals surface area contributed by atoms with Crippen LogP contribution in [0.25, 0.3) is 0 Å². The van der Waals surface area contributed by atoms with Crippen LogP contribution >= 0.6 is 0 Å². The molecule has 2 rings (SSSR count). The SMILES string of the molecule is CCOc1c(OC)cccc1C(CN)N1CC(C)OC(C)C1. The van der Waals surface area contributed by atoms with E-state index in [0.717, 1.165) is 30.2 Å². The largest absolute Gasteiger partial charge is 0.493 e. The zero-order valence-corrected chi connectivity index (χ0v) is 14.0. The first kappa shape index (κ1) is 17.1. The highest BCUT2D eigenvalue weighted by Gasteiger charge is 2.30. The molecule has 0 amide bonds. The molecular weight excluding hydrogens is 280 g/mol. The van der Waals surface area contributed by atoms with Crippen molar-refractivity contribution in [2.75, 3.05) is 33.4 Å². The lowest BCUT2D eigenvalue weighted by Crippen LogP contribution is -2.48. The molecule has 1 aromatic carbocycles. The number of nitrogens with two attached hydrogens (primary N) is 1. The van der Waals surface area contributed by atoms with E-state index in [4.69, 9.17) is 19.9 Å². The smallest absolute Gasteiger partial charge is 0.165 e. The third-order valence-electron chi connectivity index (χ3n) is 3.99. The van der Waals surface area contributed by atoms with E-state index in [1.54, 1.807) is 7.11 Å². The predicted molar refractivity (Wildman–Crippen MR) is 87.5 cm³/mol. The van der Waals surface area contributed by atoms with Gasteiger partial charge in [0.1, 0.15) is 0 Å². The van der Waals surface area contributed by atoms with Crippen LogP contribution < -0.4 is 15.2 Å². The van der Waals surface area contributed by atoms with Gasteiger partial charge in [0.05, 0.1) is 32.0 Å². The number of hydrogen-bond acceptors (Lipinski definition) is 5. The van der Waals surface area contributed by atoms with Crippen LogP contribution in [-0.2, 0) is 4.74 Å². The van der Waals surface area contributed by atoms with Gasteiger partial charge in [0, 0.05) is 25.2 Å². The summed E-state index contributed by atoms with van der Waals surface area (Å²) in [4.78, 5) is 2.39. The van der Waals surface area contributed by atoms with Crippen molar-refractivity contribution in [3.8, 4) is 11.5 Å². The predicted octanol–water partition coefficient (Wildman–Crippen LogP) is 2.20. The van der Waals surface area contributed by atoms with Gasteiger partial charge in [-0.15, -0.1) is 0 Å². The van der Waals surface area contributed by atoms with Crippen molar-refractivity contribution in [2.24, 2.45) is 5.73 Å². The zero-order chi connectivity index (χ0) is 16.1. The maximum atomic E-state index is 6.10. The average Bonchev–Trinajstić information content (AvgIpc) is 2.48. The van der Waals surface area contributed by atoms with Gasteiger partial charge in [-0.05, 0) is 26.8 Å². The molecule has 2 N–H and O–H groups in total. The van der Waals surface area contributed by atoms with Gasteiger partial charge >= 0.3 is 0 Å². The monoisotopic (exact) mass is 308 g/mol. The molecule has 0 radical (unpaired) electrons. The number of methoxy groups -OCH3 is 1. The second kappa shape index (κ2) is 7.81. The summed E-state index contributed by atoms with van der Waals surface area (Å²) in [6.45, 7) is 9.06. The van der Waals surface area contributed by atoms with E-state index in [0.29, 0.717) is 13.2 Å². The minimum atomic E-state index is 0.102. The number of rotatable bonds is 6. The molecular formula is C17H28N2O3. The summed E-state index contributed by atoms with van der Waals surface area (Å²) in [6.07, 6.45) is 0.415. The highest BCUT2D eigenvalue weighted by atomic mass is 16.5. The molecule has 0 bridgehead atoms. The number of nitrogens with zero attached hydrogens (tertiary/aromatic N) is 1. The molecule has 1 aliphatic rings. The summed E-state index contributed by atoms with van der Waals surface area (Å²) < 4.78 is 17.1. The van der Waals surface area contributed by atoms with Crippen LogP contribution in [0, 0.1) is 0 Å². The van der Waals surface area contributed by atoms with Crippen LogP contribution in [-0.4, -0.2) is 50.5 Å². The Hall–Kier alpha value is -1.30. The molecule has 3 unspecified atom stereocenters. The van der Waals surface area contributed by atoms with Crippen molar-refractivity contribution in [1.82, 2.24) is 4.90 Å². The van der Waals surface area contributed by atoms with Gasteiger partial charge in [-0.2, -0.15) is 0 Å². The third kappa shape index (κ3) is 3.72. The number of ether oxygens (including phenoxy) is 3. The lowest BCUT2D eigenvalue weighted by Gasteiger charge is -2.40. The lowest BCUT2D eigenvalue weighted by molar-refractivity contribution is -0.0801. The molecule has 0 spiro atoms. The van der Waals surface area contributed by atoms with Crippen LogP contribution in [0.1, 0.15) is 32.4 Å². The molecule has 1 heterocycles. The highest BCUT2D eigenvalue weighted by molar-refractivity contribution is 5.48. The van der Waals surface area contributed by atoms with Crippen molar-refractivity contribution >= 4 is 0 Å². The topological polar surface area (TPSA) is 57.0 Å². The molecule has 1 aromatic rings. The van der Waals surface area contributed by atoms with Crippen LogP contribution in [0.2, 0.25) is 0 Å². The van der Waals surface area contributed by atoms with E-state index in [1.807, 2.05) is 19.1 Å². The van der Waals surface area contributed by atoms with Gasteiger partial charge in [0.2, 0.25) is 0 Å². The summed E-state index contributed by atoms with van der Waals surface area (Å²) in [6, 6.07) is 6.10. The summed E-state index contributed by atoms with van der Waals surface area (Å²) in [5, 5.41) is 0. The second-order valence-electron chi connectivity index (χ2n) is 5.77. The Bertz CT molecular complexity index is 471. The van der Waals surface area contributed by atoms with E-state index < -0.39 is 0 Å². The van der Waals surface area contributed by atoms with Crippen molar-refractivity contribution in [2.45, 2.75) is 39.0 Å². The lowest BCUT2D eigenvalue weighted by atomic mass is 10.0. The van der Waals surface area contributed by atoms with Gasteiger partial charge in [-0.3, -0.25) is 4.90 Å². The summed E-state index contributed by atoms with van der Waals surface area (Å²) in [5.74, 6) is 1.56. The number of benzene rings is 1. The van der Waals surface area contributed by atoms with Crippen LogP contribution in [0.5, 0.6) is 11.5 Å². The van der Waals surface area contributed by atoms with Crippen LogP contribution in [0.15, 0.2) is 18.2 Å². The first-order valence-corrected chi connectivity index (χ1v) is 7.99. The zero-order valence-electron chi connectivity index (χ0n) is 14.0. The van der Waals surface area contributed by atoms with Gasteiger partial charge < -0.3 is 19.9 Å². The number of morpholine rings is 1. The number of hydrogen-bond donors (Lipinski definition) is 1. The minimum Gasteiger partial charge on any atom is -0.493 e. The third-order valence-corrected chi connectivity index (χ3v) is 3.99. The molecule has 5 heteroatoms. The first-order chi connectivity index (χ1) is 10.6. The van der Waals surface area contributed by atoms with E-state index >= 15 is 0 Å². The Balaban J connectivity index is 2.34. The van der Waals surface area contributed by atoms with Crippen molar-refractivity contribution in [3.05, 3.63) is 23.8 Å². The van der Waals surface area contributed by atoms with Gasteiger partial charge in [-0.1, -0.05) is 12.1 Å². The maximum absolute atomic E-state index is 6.10. The quantitative estimate of drug-likeness (QED) is 0.873. The molecule has 0 saturated carbocycles. The Morgan fingerprint density at radius 2 is 2.00 bits per heavy atom. The van der Waals surface area contributed by atoms with Gasteiger partial charge in [0.25, 0.3) is 0 Å². The average molecular weight is 308 g/mol. The van der Waals surface area contributed by atoms with E-state index in [1.165, 1.54) is 0 Å². The molecule has 1 aliphatic heterocycles. The van der Waals surface area contributed by atoms with Crippen LogP contribution in [0.3, 0.4) is 0 Å². The molecule has 3 atom stereocenters. The van der Waals surface area contributed by atoms with Crippen molar-refractivity contribution < 1.29 is 14.2 Å². The normalized spacial score (nSPS) is 24.0. The first-order valence-electron chi connectivity index (χ1n) is 7.99. The Morgan fingerprint density at radius 3 is 2.55 bits per heavy atom. The fourth-order valence-electron chi connectivity index (χ4n) is 3.20. The fraction of sp³-hybridized carbons (Fsp3) is 0.647. The fourth-order valence-corrected chi connectivity index (χ4v) is 3.20. The molecule has 0 aliphatic carbocycles. The van der Waals surface area contributed by atoms with E-state index in [2.05, 4.69) is 24.8 Å². The molecule has 1 fully saturated rings. The molecule has 124 valence electrons. The molecule has 22 heavy (non-hydrogen) atoms. The van der Waals surface area contributed by atoms with Gasteiger partial charge in [0.15, 0.2) is 11.5 Å². The maximum Gasteiger partial charge on any atom is 0.165 e.